The highest BCUT2D eigenvalue weighted by Crippen LogP contribution is 2.29. The topological polar surface area (TPSA) is 50.3 Å². The van der Waals surface area contributed by atoms with Crippen molar-refractivity contribution in [1.29, 1.82) is 0 Å². The molecule has 20 heavy (non-hydrogen) atoms. The molecule has 0 bridgehead atoms. The maximum absolute atomic E-state index is 12.3. The van der Waals surface area contributed by atoms with Gasteiger partial charge in [-0.15, -0.1) is 0 Å². The predicted octanol–water partition coefficient (Wildman–Crippen LogP) is 1.99. The second kappa shape index (κ2) is 5.32. The summed E-state index contributed by atoms with van der Waals surface area (Å²) >= 11 is 0. The predicted molar refractivity (Wildman–Crippen MR) is 79.5 cm³/mol. The van der Waals surface area contributed by atoms with Crippen LogP contribution in [0.25, 0.3) is 11.0 Å². The van der Waals surface area contributed by atoms with Gasteiger partial charge in [0, 0.05) is 6.54 Å². The van der Waals surface area contributed by atoms with Crippen molar-refractivity contribution in [2.75, 3.05) is 26.7 Å². The van der Waals surface area contributed by atoms with Gasteiger partial charge in [-0.25, -0.2) is 4.79 Å². The number of rotatable bonds is 3. The van der Waals surface area contributed by atoms with E-state index in [1.54, 1.807) is 7.11 Å². The molecule has 0 saturated carbocycles. The minimum atomic E-state index is -0.0348. The number of hydrogen-bond donors (Lipinski definition) is 1. The van der Waals surface area contributed by atoms with Crippen LogP contribution in [-0.2, 0) is 0 Å². The highest BCUT2D eigenvalue weighted by molar-refractivity contribution is 5.82. The average Bonchev–Trinajstić information content (AvgIpc) is 2.83. The fourth-order valence-electron chi connectivity index (χ4n) is 3.19. The van der Waals surface area contributed by atoms with Gasteiger partial charge in [0.25, 0.3) is 0 Å². The van der Waals surface area contributed by atoms with Crippen molar-refractivity contribution in [2.45, 2.75) is 25.8 Å². The third-order valence-electron chi connectivity index (χ3n) is 4.21. The zero-order valence-electron chi connectivity index (χ0n) is 12.1. The van der Waals surface area contributed by atoms with Crippen molar-refractivity contribution >= 4 is 11.0 Å². The Morgan fingerprint density at radius 1 is 1.45 bits per heavy atom. The number of nitrogens with zero attached hydrogens (tertiary/aromatic N) is 2. The van der Waals surface area contributed by atoms with Crippen molar-refractivity contribution in [3.8, 4) is 5.75 Å². The molecule has 1 unspecified atom stereocenters. The molecule has 5 nitrogen and oxygen atoms in total. The average molecular weight is 275 g/mol. The van der Waals surface area contributed by atoms with Crippen LogP contribution >= 0.6 is 0 Å². The Labute approximate surface area is 118 Å². The van der Waals surface area contributed by atoms with E-state index in [-0.39, 0.29) is 11.7 Å². The number of para-hydroxylation sites is 1. The van der Waals surface area contributed by atoms with Crippen LogP contribution in [0.15, 0.2) is 23.0 Å². The maximum atomic E-state index is 12.3. The molecular formula is C15H21N3O2. The molecule has 1 aliphatic heterocycles. The molecule has 1 aromatic carbocycles. The number of nitrogens with one attached hydrogen (secondary N) is 1. The van der Waals surface area contributed by atoms with Crippen LogP contribution in [-0.4, -0.2) is 41.2 Å². The summed E-state index contributed by atoms with van der Waals surface area (Å²) in [5.74, 6) is 0.759. The maximum Gasteiger partial charge on any atom is 0.326 e. The van der Waals surface area contributed by atoms with E-state index in [4.69, 9.17) is 4.74 Å². The number of aromatic amines is 1. The van der Waals surface area contributed by atoms with Gasteiger partial charge in [-0.2, -0.15) is 0 Å². The van der Waals surface area contributed by atoms with Gasteiger partial charge in [0.2, 0.25) is 0 Å². The van der Waals surface area contributed by atoms with Gasteiger partial charge in [-0.1, -0.05) is 13.0 Å². The van der Waals surface area contributed by atoms with Crippen LogP contribution in [0.3, 0.4) is 0 Å². The summed E-state index contributed by atoms with van der Waals surface area (Å²) in [5, 5.41) is 0. The number of likely N-dealkylation sites (tertiary alicyclic amines) is 1. The van der Waals surface area contributed by atoms with Gasteiger partial charge in [0.15, 0.2) is 0 Å². The fraction of sp³-hybridized carbons (Fsp3) is 0.533. The van der Waals surface area contributed by atoms with Crippen LogP contribution in [0.1, 0.15) is 25.8 Å². The first-order valence-electron chi connectivity index (χ1n) is 7.24. The molecule has 1 aliphatic rings. The van der Waals surface area contributed by atoms with Crippen molar-refractivity contribution < 1.29 is 4.74 Å². The number of likely N-dealkylation sites (N-methyl/N-ethyl adjacent to an activating group) is 1. The van der Waals surface area contributed by atoms with E-state index in [2.05, 4.69) is 16.8 Å². The first kappa shape index (κ1) is 13.2. The van der Waals surface area contributed by atoms with E-state index >= 15 is 0 Å². The van der Waals surface area contributed by atoms with Crippen LogP contribution in [0.5, 0.6) is 5.75 Å². The van der Waals surface area contributed by atoms with Crippen LogP contribution in [0.2, 0.25) is 0 Å². The first-order valence-corrected chi connectivity index (χ1v) is 7.24. The van der Waals surface area contributed by atoms with E-state index in [9.17, 15) is 4.79 Å². The Balaban J connectivity index is 2.10. The van der Waals surface area contributed by atoms with Gasteiger partial charge in [0.1, 0.15) is 11.3 Å². The zero-order valence-corrected chi connectivity index (χ0v) is 12.1. The van der Waals surface area contributed by atoms with E-state index in [0.717, 1.165) is 49.3 Å². The molecule has 1 atom stereocenters. The first-order chi connectivity index (χ1) is 9.74. The molecule has 1 saturated heterocycles. The minimum Gasteiger partial charge on any atom is -0.494 e. The van der Waals surface area contributed by atoms with E-state index < -0.39 is 0 Å². The number of imidazole rings is 1. The molecule has 0 aliphatic carbocycles. The number of benzene rings is 1. The van der Waals surface area contributed by atoms with Gasteiger partial charge in [-0.3, -0.25) is 4.57 Å². The third kappa shape index (κ3) is 2.12. The molecule has 1 fully saturated rings. The van der Waals surface area contributed by atoms with E-state index in [1.807, 2.05) is 22.8 Å². The molecule has 108 valence electrons. The SMILES string of the molecule is CCN1CCCC(n2c(=O)[nH]c3cccc(OC)c32)C1. The molecule has 0 spiro atoms. The largest absolute Gasteiger partial charge is 0.494 e. The summed E-state index contributed by atoms with van der Waals surface area (Å²) < 4.78 is 7.32. The lowest BCUT2D eigenvalue weighted by atomic mass is 10.1. The fourth-order valence-corrected chi connectivity index (χ4v) is 3.19. The Kier molecular flexibility index (Phi) is 3.53. The lowest BCUT2D eigenvalue weighted by molar-refractivity contribution is 0.185. The number of aromatic nitrogens is 2. The number of hydrogen-bond acceptors (Lipinski definition) is 3. The van der Waals surface area contributed by atoms with Gasteiger partial charge < -0.3 is 14.6 Å². The molecule has 2 aromatic rings. The lowest BCUT2D eigenvalue weighted by Crippen LogP contribution is -2.39. The van der Waals surface area contributed by atoms with Crippen LogP contribution in [0.4, 0.5) is 0 Å². The minimum absolute atomic E-state index is 0.0348. The molecule has 0 radical (unpaired) electrons. The zero-order chi connectivity index (χ0) is 14.1. The molecule has 2 heterocycles. The summed E-state index contributed by atoms with van der Waals surface area (Å²) in [6, 6.07) is 5.96. The van der Waals surface area contributed by atoms with Crippen LogP contribution < -0.4 is 10.4 Å². The van der Waals surface area contributed by atoms with Crippen molar-refractivity contribution in [1.82, 2.24) is 14.5 Å². The lowest BCUT2D eigenvalue weighted by Gasteiger charge is -2.32. The Morgan fingerprint density at radius 2 is 2.30 bits per heavy atom. The van der Waals surface area contributed by atoms with E-state index in [0.29, 0.717) is 0 Å². The van der Waals surface area contributed by atoms with Gasteiger partial charge >= 0.3 is 5.69 Å². The number of fused-ring (bicyclic) bond motifs is 1. The number of H-pyrrole nitrogens is 1. The molecular weight excluding hydrogens is 254 g/mol. The monoisotopic (exact) mass is 275 g/mol. The van der Waals surface area contributed by atoms with Crippen molar-refractivity contribution in [2.24, 2.45) is 0 Å². The quantitative estimate of drug-likeness (QED) is 0.932. The summed E-state index contributed by atoms with van der Waals surface area (Å²) in [6.07, 6.45) is 2.17. The highest BCUT2D eigenvalue weighted by Gasteiger charge is 2.24. The molecule has 5 heteroatoms. The van der Waals surface area contributed by atoms with Gasteiger partial charge in [0.05, 0.1) is 18.7 Å². The van der Waals surface area contributed by atoms with Crippen LogP contribution in [0, 0.1) is 0 Å². The molecule has 3 rings (SSSR count). The third-order valence-corrected chi connectivity index (χ3v) is 4.21. The Bertz CT molecular complexity index is 659. The highest BCUT2D eigenvalue weighted by atomic mass is 16.5. The Morgan fingerprint density at radius 3 is 3.05 bits per heavy atom. The summed E-state index contributed by atoms with van der Waals surface area (Å²) in [4.78, 5) is 17.7. The number of ether oxygens (including phenoxy) is 1. The number of piperidine rings is 1. The second-order valence-electron chi connectivity index (χ2n) is 5.35. The molecule has 0 amide bonds. The number of methoxy groups -OCH3 is 1. The summed E-state index contributed by atoms with van der Waals surface area (Å²) in [7, 11) is 1.65. The summed E-state index contributed by atoms with van der Waals surface area (Å²) in [6.45, 7) is 5.26. The molecule has 1 aromatic heterocycles. The summed E-state index contributed by atoms with van der Waals surface area (Å²) in [5.41, 5.74) is 1.71. The van der Waals surface area contributed by atoms with Gasteiger partial charge in [-0.05, 0) is 38.1 Å². The second-order valence-corrected chi connectivity index (χ2v) is 5.35. The Hall–Kier alpha value is -1.75. The smallest absolute Gasteiger partial charge is 0.326 e. The normalized spacial score (nSPS) is 20.4. The standard InChI is InChI=1S/C15H21N3O2/c1-3-17-9-5-6-11(10-17)18-14-12(16-15(18)19)7-4-8-13(14)20-2/h4,7-8,11H,3,5-6,9-10H2,1-2H3,(H,16,19). The van der Waals surface area contributed by atoms with Crippen molar-refractivity contribution in [3.63, 3.8) is 0 Å². The molecule has 1 N–H and O–H groups in total. The van der Waals surface area contributed by atoms with Crippen molar-refractivity contribution in [3.05, 3.63) is 28.7 Å². The van der Waals surface area contributed by atoms with E-state index in [1.165, 1.54) is 0 Å².